The molecule has 70 valence electrons. The highest BCUT2D eigenvalue weighted by atomic mass is 79.9. The molecule has 0 N–H and O–H groups in total. The Balaban J connectivity index is 2.84. The van der Waals surface area contributed by atoms with Crippen LogP contribution in [0.15, 0.2) is 36.4 Å². The standard InChI is InChI=1S/C12H9BrO/c13-7-9-3-1-6-12-10(8-14)4-2-5-11(9)12/h1-6,8H,7H2. The maximum Gasteiger partial charge on any atom is 0.150 e. The van der Waals surface area contributed by atoms with Gasteiger partial charge >= 0.3 is 0 Å². The summed E-state index contributed by atoms with van der Waals surface area (Å²) in [7, 11) is 0. The van der Waals surface area contributed by atoms with E-state index in [2.05, 4.69) is 22.0 Å². The summed E-state index contributed by atoms with van der Waals surface area (Å²) in [5, 5.41) is 2.99. The third kappa shape index (κ3) is 1.46. The van der Waals surface area contributed by atoms with Gasteiger partial charge in [-0.25, -0.2) is 0 Å². The van der Waals surface area contributed by atoms with Crippen LogP contribution in [0.4, 0.5) is 0 Å². The minimum atomic E-state index is 0.755. The lowest BCUT2D eigenvalue weighted by Gasteiger charge is -2.04. The fourth-order valence-corrected chi connectivity index (χ4v) is 2.11. The van der Waals surface area contributed by atoms with Crippen LogP contribution in [0.3, 0.4) is 0 Å². The van der Waals surface area contributed by atoms with Crippen LogP contribution >= 0.6 is 15.9 Å². The summed E-state index contributed by atoms with van der Waals surface area (Å²) in [5.41, 5.74) is 1.97. The zero-order valence-corrected chi connectivity index (χ0v) is 9.12. The second kappa shape index (κ2) is 3.93. The molecule has 0 aliphatic rings. The van der Waals surface area contributed by atoms with Crippen LogP contribution in [0, 0.1) is 0 Å². The molecule has 0 aliphatic carbocycles. The maximum atomic E-state index is 10.8. The van der Waals surface area contributed by atoms with Crippen molar-refractivity contribution in [3.63, 3.8) is 0 Å². The van der Waals surface area contributed by atoms with Crippen molar-refractivity contribution >= 4 is 33.0 Å². The van der Waals surface area contributed by atoms with Crippen LogP contribution in [-0.4, -0.2) is 6.29 Å². The molecular weight excluding hydrogens is 240 g/mol. The number of aldehydes is 1. The van der Waals surface area contributed by atoms with Crippen molar-refractivity contribution in [1.29, 1.82) is 0 Å². The second-order valence-electron chi connectivity index (χ2n) is 3.11. The molecule has 0 atom stereocenters. The lowest BCUT2D eigenvalue weighted by molar-refractivity contribution is 0.112. The molecule has 0 heterocycles. The average Bonchev–Trinajstić information content (AvgIpc) is 2.27. The monoisotopic (exact) mass is 248 g/mol. The number of alkyl halides is 1. The summed E-state index contributed by atoms with van der Waals surface area (Å²) >= 11 is 3.44. The number of fused-ring (bicyclic) bond motifs is 1. The number of rotatable bonds is 2. The fourth-order valence-electron chi connectivity index (χ4n) is 1.62. The molecule has 0 amide bonds. The van der Waals surface area contributed by atoms with Crippen LogP contribution in [0.2, 0.25) is 0 Å². The highest BCUT2D eigenvalue weighted by molar-refractivity contribution is 9.08. The van der Waals surface area contributed by atoms with Crippen molar-refractivity contribution < 1.29 is 4.79 Å². The van der Waals surface area contributed by atoms with E-state index in [-0.39, 0.29) is 0 Å². The molecule has 0 aliphatic heterocycles. The Labute approximate surface area is 90.9 Å². The number of hydrogen-bond acceptors (Lipinski definition) is 1. The van der Waals surface area contributed by atoms with E-state index in [1.807, 2.05) is 30.3 Å². The molecule has 0 radical (unpaired) electrons. The first-order chi connectivity index (χ1) is 6.86. The molecule has 2 rings (SSSR count). The van der Waals surface area contributed by atoms with E-state index in [0.717, 1.165) is 28.0 Å². The van der Waals surface area contributed by atoms with E-state index in [4.69, 9.17) is 0 Å². The van der Waals surface area contributed by atoms with E-state index in [9.17, 15) is 4.79 Å². The molecule has 0 fully saturated rings. The third-order valence-corrected chi connectivity index (χ3v) is 2.92. The normalized spacial score (nSPS) is 10.4. The fraction of sp³-hybridized carbons (Fsp3) is 0.0833. The first-order valence-corrected chi connectivity index (χ1v) is 5.50. The van der Waals surface area contributed by atoms with Gasteiger partial charge in [0.05, 0.1) is 0 Å². The summed E-state index contributed by atoms with van der Waals surface area (Å²) in [5.74, 6) is 0. The van der Waals surface area contributed by atoms with Crippen molar-refractivity contribution in [3.8, 4) is 0 Å². The van der Waals surface area contributed by atoms with Gasteiger partial charge < -0.3 is 0 Å². The van der Waals surface area contributed by atoms with Gasteiger partial charge in [-0.1, -0.05) is 52.3 Å². The summed E-state index contributed by atoms with van der Waals surface area (Å²) in [4.78, 5) is 10.8. The second-order valence-corrected chi connectivity index (χ2v) is 3.67. The Kier molecular flexibility index (Phi) is 2.64. The molecule has 2 aromatic carbocycles. The Morgan fingerprint density at radius 2 is 1.79 bits per heavy atom. The summed E-state index contributed by atoms with van der Waals surface area (Å²) in [6.07, 6.45) is 0.903. The van der Waals surface area contributed by atoms with Gasteiger partial charge in [0.2, 0.25) is 0 Å². The molecule has 14 heavy (non-hydrogen) atoms. The highest BCUT2D eigenvalue weighted by Crippen LogP contribution is 2.22. The van der Waals surface area contributed by atoms with Gasteiger partial charge in [0.1, 0.15) is 0 Å². The van der Waals surface area contributed by atoms with Crippen molar-refractivity contribution in [3.05, 3.63) is 47.5 Å². The Bertz CT molecular complexity index is 477. The Morgan fingerprint density at radius 1 is 1.07 bits per heavy atom. The van der Waals surface area contributed by atoms with Crippen molar-refractivity contribution in [2.24, 2.45) is 0 Å². The van der Waals surface area contributed by atoms with Crippen LogP contribution in [0.25, 0.3) is 10.8 Å². The van der Waals surface area contributed by atoms with E-state index in [1.54, 1.807) is 0 Å². The predicted molar refractivity (Wildman–Crippen MR) is 62.0 cm³/mol. The molecule has 2 aromatic rings. The molecular formula is C12H9BrO. The minimum absolute atomic E-state index is 0.755. The van der Waals surface area contributed by atoms with Crippen LogP contribution in [0.5, 0.6) is 0 Å². The SMILES string of the molecule is O=Cc1cccc2c(CBr)cccc12. The molecule has 2 heteroatoms. The minimum Gasteiger partial charge on any atom is -0.298 e. The van der Waals surface area contributed by atoms with Crippen LogP contribution in [-0.2, 0) is 5.33 Å². The number of hydrogen-bond donors (Lipinski definition) is 0. The molecule has 1 nitrogen and oxygen atoms in total. The quantitative estimate of drug-likeness (QED) is 0.587. The van der Waals surface area contributed by atoms with Crippen molar-refractivity contribution in [2.45, 2.75) is 5.33 Å². The molecule has 0 saturated carbocycles. The maximum absolute atomic E-state index is 10.8. The number of benzene rings is 2. The topological polar surface area (TPSA) is 17.1 Å². The summed E-state index contributed by atoms with van der Waals surface area (Å²) in [6.45, 7) is 0. The smallest absolute Gasteiger partial charge is 0.150 e. The molecule has 0 spiro atoms. The van der Waals surface area contributed by atoms with Gasteiger partial charge in [-0.2, -0.15) is 0 Å². The van der Waals surface area contributed by atoms with E-state index >= 15 is 0 Å². The van der Waals surface area contributed by atoms with E-state index in [1.165, 1.54) is 5.56 Å². The van der Waals surface area contributed by atoms with E-state index < -0.39 is 0 Å². The van der Waals surface area contributed by atoms with Crippen molar-refractivity contribution in [1.82, 2.24) is 0 Å². The zero-order chi connectivity index (χ0) is 9.97. The van der Waals surface area contributed by atoms with Crippen LogP contribution in [0.1, 0.15) is 15.9 Å². The lowest BCUT2D eigenvalue weighted by Crippen LogP contribution is -1.86. The van der Waals surface area contributed by atoms with Crippen molar-refractivity contribution in [2.75, 3.05) is 0 Å². The zero-order valence-electron chi connectivity index (χ0n) is 7.53. The predicted octanol–water partition coefficient (Wildman–Crippen LogP) is 3.55. The largest absolute Gasteiger partial charge is 0.298 e. The molecule has 0 aromatic heterocycles. The Morgan fingerprint density at radius 3 is 2.50 bits per heavy atom. The van der Waals surface area contributed by atoms with E-state index in [0.29, 0.717) is 0 Å². The average molecular weight is 249 g/mol. The highest BCUT2D eigenvalue weighted by Gasteiger charge is 2.02. The lowest BCUT2D eigenvalue weighted by atomic mass is 10.0. The first kappa shape index (κ1) is 9.41. The molecule has 0 saturated heterocycles. The molecule has 0 bridgehead atoms. The number of carbonyl (C=O) groups excluding carboxylic acids is 1. The summed E-state index contributed by atoms with van der Waals surface area (Å²) < 4.78 is 0. The third-order valence-electron chi connectivity index (χ3n) is 2.32. The van der Waals surface area contributed by atoms with Gasteiger partial charge in [-0.05, 0) is 16.3 Å². The number of halogens is 1. The van der Waals surface area contributed by atoms with Gasteiger partial charge in [0.15, 0.2) is 6.29 Å². The summed E-state index contributed by atoms with van der Waals surface area (Å²) in [6, 6.07) is 11.8. The van der Waals surface area contributed by atoms with Gasteiger partial charge in [-0.3, -0.25) is 4.79 Å². The number of carbonyl (C=O) groups is 1. The van der Waals surface area contributed by atoms with Gasteiger partial charge in [-0.15, -0.1) is 0 Å². The van der Waals surface area contributed by atoms with Crippen LogP contribution < -0.4 is 0 Å². The van der Waals surface area contributed by atoms with Gasteiger partial charge in [0.25, 0.3) is 0 Å². The van der Waals surface area contributed by atoms with Gasteiger partial charge in [0, 0.05) is 10.9 Å². The first-order valence-electron chi connectivity index (χ1n) is 4.38. The molecule has 0 unspecified atom stereocenters. The Hall–Kier alpha value is -1.15.